The Hall–Kier alpha value is -4.25. The van der Waals surface area contributed by atoms with E-state index in [0.717, 1.165) is 11.1 Å². The van der Waals surface area contributed by atoms with Gasteiger partial charge in [0.15, 0.2) is 0 Å². The second-order valence-electron chi connectivity index (χ2n) is 6.74. The highest BCUT2D eigenvalue weighted by Gasteiger charge is 2.19. The van der Waals surface area contributed by atoms with Gasteiger partial charge in [0, 0.05) is 17.8 Å². The van der Waals surface area contributed by atoms with Crippen LogP contribution in [0, 0.1) is 17.1 Å². The zero-order chi connectivity index (χ0) is 21.3. The van der Waals surface area contributed by atoms with Gasteiger partial charge in [-0.15, -0.1) is 0 Å². The molecule has 0 aliphatic rings. The monoisotopic (exact) mass is 400 g/mol. The molecule has 0 aliphatic carbocycles. The van der Waals surface area contributed by atoms with Gasteiger partial charge in [0.2, 0.25) is 0 Å². The van der Waals surface area contributed by atoms with Crippen LogP contribution in [0.5, 0.6) is 0 Å². The van der Waals surface area contributed by atoms with E-state index in [0.29, 0.717) is 11.1 Å². The number of halogens is 1. The summed E-state index contributed by atoms with van der Waals surface area (Å²) in [4.78, 5) is 20.7. The van der Waals surface area contributed by atoms with E-state index < -0.39 is 11.9 Å². The summed E-state index contributed by atoms with van der Waals surface area (Å²) in [6, 6.07) is 15.5. The van der Waals surface area contributed by atoms with Crippen molar-refractivity contribution in [2.24, 2.45) is 0 Å². The van der Waals surface area contributed by atoms with Crippen LogP contribution in [0.1, 0.15) is 24.1 Å². The van der Waals surface area contributed by atoms with Crippen LogP contribution in [-0.4, -0.2) is 14.4 Å². The average molecular weight is 400 g/mol. The molecule has 0 amide bonds. The Balaban J connectivity index is 1.93. The van der Waals surface area contributed by atoms with E-state index >= 15 is 0 Å². The molecule has 3 aromatic heterocycles. The smallest absolute Gasteiger partial charge is 0.255 e. The van der Waals surface area contributed by atoms with Gasteiger partial charge in [0.1, 0.15) is 35.4 Å². The number of rotatable bonds is 4. The Labute approximate surface area is 171 Å². The van der Waals surface area contributed by atoms with E-state index in [9.17, 15) is 14.4 Å². The third kappa shape index (κ3) is 3.33. The molecule has 4 aromatic rings. The summed E-state index contributed by atoms with van der Waals surface area (Å²) in [6.07, 6.45) is 2.44. The maximum Gasteiger partial charge on any atom is 0.255 e. The molecule has 0 radical (unpaired) electrons. The number of hydrogen-bond acceptors (Lipinski definition) is 6. The number of aromatic nitrogens is 3. The van der Waals surface area contributed by atoms with Crippen LogP contribution in [0.4, 0.5) is 16.0 Å². The van der Waals surface area contributed by atoms with Gasteiger partial charge in [-0.05, 0) is 30.2 Å². The van der Waals surface area contributed by atoms with E-state index in [1.807, 2.05) is 43.3 Å². The largest absolute Gasteiger partial charge is 0.382 e. The first-order valence-corrected chi connectivity index (χ1v) is 9.17. The maximum absolute atomic E-state index is 13.8. The van der Waals surface area contributed by atoms with Crippen molar-refractivity contribution in [1.82, 2.24) is 14.4 Å². The van der Waals surface area contributed by atoms with Gasteiger partial charge >= 0.3 is 0 Å². The second kappa shape index (κ2) is 7.64. The van der Waals surface area contributed by atoms with Gasteiger partial charge in [-0.25, -0.2) is 14.4 Å². The predicted molar refractivity (Wildman–Crippen MR) is 112 cm³/mol. The number of fused-ring (bicyclic) bond motifs is 1. The van der Waals surface area contributed by atoms with Crippen molar-refractivity contribution in [2.45, 2.75) is 13.0 Å². The molecular formula is C22H17FN6O. The number of hydrogen-bond donors (Lipinski definition) is 2. The number of nitrogen functional groups attached to an aromatic ring is 1. The summed E-state index contributed by atoms with van der Waals surface area (Å²) in [6.45, 7) is 1.85. The van der Waals surface area contributed by atoms with Crippen molar-refractivity contribution in [3.63, 3.8) is 0 Å². The molecule has 30 heavy (non-hydrogen) atoms. The number of benzene rings is 1. The number of nitrogens with one attached hydrogen (secondary N) is 1. The van der Waals surface area contributed by atoms with Gasteiger partial charge in [-0.1, -0.05) is 30.3 Å². The van der Waals surface area contributed by atoms with Crippen LogP contribution in [0.3, 0.4) is 0 Å². The molecule has 0 unspecified atom stereocenters. The molecule has 1 atom stereocenters. The third-order valence-corrected chi connectivity index (χ3v) is 4.84. The zero-order valence-corrected chi connectivity index (χ0v) is 16.0. The predicted octanol–water partition coefficient (Wildman–Crippen LogP) is 3.52. The van der Waals surface area contributed by atoms with Gasteiger partial charge in [-0.3, -0.25) is 9.20 Å². The Kier molecular flexibility index (Phi) is 4.86. The molecule has 1 aromatic carbocycles. The normalized spacial score (nSPS) is 11.8. The number of nitrogens with zero attached hydrogens (tertiary/aromatic N) is 4. The lowest BCUT2D eigenvalue weighted by Gasteiger charge is -2.21. The Morgan fingerprint density at radius 2 is 1.97 bits per heavy atom. The first-order chi connectivity index (χ1) is 14.5. The number of anilines is 2. The summed E-state index contributed by atoms with van der Waals surface area (Å²) in [5.41, 5.74) is 8.43. The summed E-state index contributed by atoms with van der Waals surface area (Å²) >= 11 is 0. The molecule has 0 saturated carbocycles. The SMILES string of the molecule is C[C@H](Nc1ncnc(N)c1C#N)c1cc(=O)n2cc(F)ccc2c1-c1ccccc1. The fourth-order valence-corrected chi connectivity index (χ4v) is 3.45. The first kappa shape index (κ1) is 19.1. The number of nitriles is 1. The molecule has 0 bridgehead atoms. The highest BCUT2D eigenvalue weighted by Crippen LogP contribution is 2.33. The van der Waals surface area contributed by atoms with Crippen LogP contribution in [0.15, 0.2) is 65.8 Å². The fraction of sp³-hybridized carbons (Fsp3) is 0.0909. The van der Waals surface area contributed by atoms with Crippen molar-refractivity contribution in [3.8, 4) is 17.2 Å². The average Bonchev–Trinajstić information content (AvgIpc) is 2.74. The number of nitrogens with two attached hydrogens (primary N) is 1. The minimum absolute atomic E-state index is 0.0690. The molecule has 4 rings (SSSR count). The van der Waals surface area contributed by atoms with Crippen LogP contribution < -0.4 is 16.6 Å². The van der Waals surface area contributed by atoms with Crippen LogP contribution >= 0.6 is 0 Å². The van der Waals surface area contributed by atoms with Crippen molar-refractivity contribution in [2.75, 3.05) is 11.1 Å². The van der Waals surface area contributed by atoms with Gasteiger partial charge < -0.3 is 11.1 Å². The van der Waals surface area contributed by atoms with Crippen LogP contribution in [0.2, 0.25) is 0 Å². The number of pyridine rings is 2. The highest BCUT2D eigenvalue weighted by molar-refractivity contribution is 5.83. The summed E-state index contributed by atoms with van der Waals surface area (Å²) in [5.74, 6) is -0.159. The van der Waals surface area contributed by atoms with E-state index in [-0.39, 0.29) is 22.8 Å². The quantitative estimate of drug-likeness (QED) is 0.542. The van der Waals surface area contributed by atoms with Gasteiger partial charge in [0.05, 0.1) is 11.6 Å². The van der Waals surface area contributed by atoms with E-state index in [1.54, 1.807) is 6.07 Å². The lowest BCUT2D eigenvalue weighted by Crippen LogP contribution is -2.19. The molecule has 3 heterocycles. The molecule has 0 spiro atoms. The maximum atomic E-state index is 13.8. The lowest BCUT2D eigenvalue weighted by atomic mass is 9.95. The Bertz CT molecular complexity index is 1340. The Morgan fingerprint density at radius 1 is 1.20 bits per heavy atom. The summed E-state index contributed by atoms with van der Waals surface area (Å²) in [5, 5.41) is 12.5. The standard InChI is InChI=1S/C22H17FN6O/c1-13(28-22-17(10-24)21(25)26-12-27-22)16-9-19(30)29-11-15(23)7-8-18(29)20(16)14-5-3-2-4-6-14/h2-9,11-13H,1H3,(H3,25,26,27,28)/t13-/m0/s1. The van der Waals surface area contributed by atoms with Gasteiger partial charge in [-0.2, -0.15) is 5.26 Å². The summed E-state index contributed by atoms with van der Waals surface area (Å²) < 4.78 is 15.1. The highest BCUT2D eigenvalue weighted by atomic mass is 19.1. The molecule has 148 valence electrons. The van der Waals surface area contributed by atoms with Crippen LogP contribution in [-0.2, 0) is 0 Å². The summed E-state index contributed by atoms with van der Waals surface area (Å²) in [7, 11) is 0. The van der Waals surface area contributed by atoms with E-state index in [4.69, 9.17) is 5.73 Å². The molecule has 8 heteroatoms. The minimum Gasteiger partial charge on any atom is -0.382 e. The third-order valence-electron chi connectivity index (χ3n) is 4.84. The molecule has 0 fully saturated rings. The Morgan fingerprint density at radius 3 is 2.70 bits per heavy atom. The van der Waals surface area contributed by atoms with Gasteiger partial charge in [0.25, 0.3) is 5.56 Å². The molecule has 3 N–H and O–H groups in total. The minimum atomic E-state index is -0.502. The molecule has 0 aliphatic heterocycles. The van der Waals surface area contributed by atoms with E-state index in [1.165, 1.54) is 29.1 Å². The lowest BCUT2D eigenvalue weighted by molar-refractivity contribution is 0.618. The van der Waals surface area contributed by atoms with Crippen LogP contribution in [0.25, 0.3) is 16.6 Å². The van der Waals surface area contributed by atoms with Crippen molar-refractivity contribution >= 4 is 17.2 Å². The molecular weight excluding hydrogens is 383 g/mol. The van der Waals surface area contributed by atoms with Crippen molar-refractivity contribution in [1.29, 1.82) is 5.26 Å². The van der Waals surface area contributed by atoms with E-state index in [2.05, 4.69) is 15.3 Å². The topological polar surface area (TPSA) is 109 Å². The van der Waals surface area contributed by atoms with Crippen molar-refractivity contribution in [3.05, 3.63) is 88.4 Å². The second-order valence-corrected chi connectivity index (χ2v) is 6.74. The zero-order valence-electron chi connectivity index (χ0n) is 16.0. The molecule has 7 nitrogen and oxygen atoms in total. The van der Waals surface area contributed by atoms with Crippen molar-refractivity contribution < 1.29 is 4.39 Å². The first-order valence-electron chi connectivity index (χ1n) is 9.17. The fourth-order valence-electron chi connectivity index (χ4n) is 3.45. The molecule has 0 saturated heterocycles.